The molecule has 1 aliphatic heterocycles. The molecule has 1 aliphatic rings. The van der Waals surface area contributed by atoms with E-state index in [4.69, 9.17) is 4.74 Å². The number of amides is 1. The number of morpholine rings is 1. The van der Waals surface area contributed by atoms with Crippen molar-refractivity contribution in [1.29, 1.82) is 0 Å². The fraction of sp³-hybridized carbons (Fsp3) is 0.583. The predicted molar refractivity (Wildman–Crippen MR) is 65.0 cm³/mol. The van der Waals surface area contributed by atoms with E-state index in [1.54, 1.807) is 11.3 Å². The summed E-state index contributed by atoms with van der Waals surface area (Å²) in [6, 6.07) is 4.08. The molecule has 0 aliphatic carbocycles. The third kappa shape index (κ3) is 2.28. The molecular weight excluding hydrogens is 222 g/mol. The van der Waals surface area contributed by atoms with E-state index < -0.39 is 0 Å². The maximum atomic E-state index is 12.2. The minimum Gasteiger partial charge on any atom is -0.375 e. The number of hydrogen-bond donors (Lipinski definition) is 0. The third-order valence-electron chi connectivity index (χ3n) is 2.82. The maximum Gasteiger partial charge on any atom is 0.264 e. The highest BCUT2D eigenvalue weighted by molar-refractivity contribution is 7.13. The molecule has 0 unspecified atom stereocenters. The van der Waals surface area contributed by atoms with Crippen LogP contribution in [0.25, 0.3) is 0 Å². The third-order valence-corrected chi connectivity index (χ3v) is 3.81. The van der Waals surface area contributed by atoms with Gasteiger partial charge in [-0.2, -0.15) is 0 Å². The molecule has 2 atom stereocenters. The second-order valence-corrected chi connectivity index (χ2v) is 5.65. The van der Waals surface area contributed by atoms with Crippen LogP contribution in [-0.4, -0.2) is 36.1 Å². The molecule has 0 bridgehead atoms. The second kappa shape index (κ2) is 4.55. The van der Waals surface area contributed by atoms with Crippen LogP contribution in [-0.2, 0) is 4.74 Å². The van der Waals surface area contributed by atoms with Crippen molar-refractivity contribution in [2.24, 2.45) is 0 Å². The Morgan fingerprint density at radius 2 is 2.25 bits per heavy atom. The zero-order valence-electron chi connectivity index (χ0n) is 9.90. The number of nitrogens with zero attached hydrogens (tertiary/aromatic N) is 1. The number of rotatable bonds is 1. The lowest BCUT2D eigenvalue weighted by Gasteiger charge is -2.36. The summed E-state index contributed by atoms with van der Waals surface area (Å²) < 4.78 is 5.52. The van der Waals surface area contributed by atoms with Gasteiger partial charge in [-0.05, 0) is 32.9 Å². The summed E-state index contributed by atoms with van der Waals surface area (Å²) in [6.07, 6.45) is 0.140. The molecular formula is C12H17NO2S. The van der Waals surface area contributed by atoms with Crippen molar-refractivity contribution in [2.45, 2.75) is 32.9 Å². The van der Waals surface area contributed by atoms with E-state index in [1.807, 2.05) is 37.8 Å². The molecule has 0 N–H and O–H groups in total. The van der Waals surface area contributed by atoms with Crippen LogP contribution in [0.3, 0.4) is 0 Å². The summed E-state index contributed by atoms with van der Waals surface area (Å²) >= 11 is 1.56. The Morgan fingerprint density at radius 3 is 2.88 bits per heavy atom. The predicted octanol–water partition coefficient (Wildman–Crippen LogP) is 2.31. The quantitative estimate of drug-likeness (QED) is 0.752. The van der Waals surface area contributed by atoms with Crippen LogP contribution < -0.4 is 0 Å². The summed E-state index contributed by atoms with van der Waals surface area (Å²) in [6.45, 7) is 7.39. The molecule has 1 aromatic rings. The van der Waals surface area contributed by atoms with Crippen molar-refractivity contribution in [3.63, 3.8) is 0 Å². The maximum absolute atomic E-state index is 12.2. The van der Waals surface area contributed by atoms with Crippen LogP contribution in [0.5, 0.6) is 0 Å². The molecule has 88 valence electrons. The van der Waals surface area contributed by atoms with Gasteiger partial charge < -0.3 is 9.64 Å². The van der Waals surface area contributed by atoms with Gasteiger partial charge >= 0.3 is 0 Å². The van der Waals surface area contributed by atoms with E-state index in [2.05, 4.69) is 0 Å². The van der Waals surface area contributed by atoms with Crippen LogP contribution in [0.4, 0.5) is 0 Å². The minimum absolute atomic E-state index is 0.140. The molecule has 3 nitrogen and oxygen atoms in total. The number of ether oxygens (including phenoxy) is 1. The number of thiophene rings is 1. The van der Waals surface area contributed by atoms with Gasteiger partial charge in [0.25, 0.3) is 5.91 Å². The lowest BCUT2D eigenvalue weighted by Crippen LogP contribution is -2.50. The van der Waals surface area contributed by atoms with Gasteiger partial charge in [0, 0.05) is 11.4 Å². The molecule has 4 heteroatoms. The topological polar surface area (TPSA) is 29.5 Å². The Morgan fingerprint density at radius 1 is 1.50 bits per heavy atom. The molecule has 1 aromatic heterocycles. The fourth-order valence-corrected chi connectivity index (χ4v) is 2.70. The standard InChI is InChI=1S/C12H17NO2S/c1-8-7-15-9(2)6-13(8)12(14)11-5-4-10(3)16-11/h4-5,8-9H,6-7H2,1-3H3/t8-,9-/m0/s1. The lowest BCUT2D eigenvalue weighted by atomic mass is 10.2. The Kier molecular flexibility index (Phi) is 3.30. The van der Waals surface area contributed by atoms with Crippen molar-refractivity contribution >= 4 is 17.2 Å². The van der Waals surface area contributed by atoms with Crippen molar-refractivity contribution < 1.29 is 9.53 Å². The molecule has 0 spiro atoms. The summed E-state index contributed by atoms with van der Waals surface area (Å²) in [7, 11) is 0. The molecule has 0 aromatic carbocycles. The fourth-order valence-electron chi connectivity index (χ4n) is 1.88. The van der Waals surface area contributed by atoms with Crippen LogP contribution in [0.15, 0.2) is 12.1 Å². The smallest absolute Gasteiger partial charge is 0.264 e. The molecule has 0 saturated carbocycles. The molecule has 1 saturated heterocycles. The Balaban J connectivity index is 2.14. The van der Waals surface area contributed by atoms with Crippen LogP contribution >= 0.6 is 11.3 Å². The monoisotopic (exact) mass is 239 g/mol. The average Bonchev–Trinajstić information content (AvgIpc) is 2.67. The van der Waals surface area contributed by atoms with Gasteiger partial charge in [-0.1, -0.05) is 0 Å². The molecule has 1 amide bonds. The van der Waals surface area contributed by atoms with Gasteiger partial charge in [0.1, 0.15) is 0 Å². The zero-order chi connectivity index (χ0) is 11.7. The van der Waals surface area contributed by atoms with E-state index >= 15 is 0 Å². The SMILES string of the molecule is Cc1ccc(C(=O)N2C[C@H](C)OC[C@@H]2C)s1. The van der Waals surface area contributed by atoms with E-state index in [1.165, 1.54) is 4.88 Å². The van der Waals surface area contributed by atoms with Crippen molar-refractivity contribution in [1.82, 2.24) is 4.90 Å². The summed E-state index contributed by atoms with van der Waals surface area (Å²) in [4.78, 5) is 16.2. The van der Waals surface area contributed by atoms with E-state index in [-0.39, 0.29) is 18.1 Å². The molecule has 0 radical (unpaired) electrons. The highest BCUT2D eigenvalue weighted by atomic mass is 32.1. The van der Waals surface area contributed by atoms with E-state index in [0.717, 1.165) is 4.88 Å². The first-order valence-corrected chi connectivity index (χ1v) is 6.38. The van der Waals surface area contributed by atoms with E-state index in [9.17, 15) is 4.79 Å². The van der Waals surface area contributed by atoms with Gasteiger partial charge in [-0.3, -0.25) is 4.79 Å². The first-order chi connectivity index (χ1) is 7.58. The van der Waals surface area contributed by atoms with Crippen molar-refractivity contribution in [3.05, 3.63) is 21.9 Å². The van der Waals surface area contributed by atoms with Gasteiger partial charge in [-0.15, -0.1) is 11.3 Å². The Hall–Kier alpha value is -0.870. The van der Waals surface area contributed by atoms with Gasteiger partial charge in [0.05, 0.1) is 23.6 Å². The normalized spacial score (nSPS) is 25.8. The Bertz CT molecular complexity index is 388. The summed E-state index contributed by atoms with van der Waals surface area (Å²) in [5.74, 6) is 0.140. The van der Waals surface area contributed by atoms with Crippen molar-refractivity contribution in [2.75, 3.05) is 13.2 Å². The van der Waals surface area contributed by atoms with Crippen LogP contribution in [0.1, 0.15) is 28.4 Å². The molecule has 2 heterocycles. The van der Waals surface area contributed by atoms with Gasteiger partial charge in [-0.25, -0.2) is 0 Å². The van der Waals surface area contributed by atoms with Crippen molar-refractivity contribution in [3.8, 4) is 0 Å². The number of hydrogen-bond acceptors (Lipinski definition) is 3. The molecule has 2 rings (SSSR count). The van der Waals surface area contributed by atoms with E-state index in [0.29, 0.717) is 13.2 Å². The summed E-state index contributed by atoms with van der Waals surface area (Å²) in [5.41, 5.74) is 0. The van der Waals surface area contributed by atoms with Crippen LogP contribution in [0, 0.1) is 6.92 Å². The van der Waals surface area contributed by atoms with Crippen LogP contribution in [0.2, 0.25) is 0 Å². The first kappa shape index (κ1) is 11.6. The second-order valence-electron chi connectivity index (χ2n) is 4.36. The van der Waals surface area contributed by atoms with Gasteiger partial charge in [0.15, 0.2) is 0 Å². The molecule has 16 heavy (non-hydrogen) atoms. The molecule has 1 fully saturated rings. The number of carbonyl (C=O) groups is 1. The zero-order valence-corrected chi connectivity index (χ0v) is 10.7. The lowest BCUT2D eigenvalue weighted by molar-refractivity contribution is -0.0385. The average molecular weight is 239 g/mol. The van der Waals surface area contributed by atoms with Gasteiger partial charge in [0.2, 0.25) is 0 Å². The first-order valence-electron chi connectivity index (χ1n) is 5.57. The Labute approximate surface area is 100 Å². The highest BCUT2D eigenvalue weighted by Gasteiger charge is 2.28. The number of aryl methyl sites for hydroxylation is 1. The minimum atomic E-state index is 0.140. The largest absolute Gasteiger partial charge is 0.375 e. The summed E-state index contributed by atoms with van der Waals surface area (Å²) in [5, 5.41) is 0. The highest BCUT2D eigenvalue weighted by Crippen LogP contribution is 2.20. The number of carbonyl (C=O) groups excluding carboxylic acids is 1.